The highest BCUT2D eigenvalue weighted by Gasteiger charge is 2.37. The number of carbonyl (C=O) groups excluding carboxylic acids is 1. The maximum Gasteiger partial charge on any atom is 0.223 e. The summed E-state index contributed by atoms with van der Waals surface area (Å²) in [6, 6.07) is 10.8. The van der Waals surface area contributed by atoms with Crippen LogP contribution in [-0.4, -0.2) is 23.4 Å². The summed E-state index contributed by atoms with van der Waals surface area (Å²) in [5.41, 5.74) is 2.68. The van der Waals surface area contributed by atoms with Crippen LogP contribution in [0, 0.1) is 0 Å². The molecule has 2 saturated heterocycles. The maximum atomic E-state index is 11.6. The van der Waals surface area contributed by atoms with E-state index >= 15 is 0 Å². The molecule has 0 N–H and O–H groups in total. The Kier molecular flexibility index (Phi) is 2.28. The van der Waals surface area contributed by atoms with Crippen LogP contribution in [0.25, 0.3) is 6.08 Å². The normalized spacial score (nSPS) is 26.5. The van der Waals surface area contributed by atoms with Crippen molar-refractivity contribution in [2.75, 3.05) is 6.54 Å². The molecular formula is C14H15NO. The predicted molar refractivity (Wildman–Crippen MR) is 63.8 cm³/mol. The molecule has 2 fully saturated rings. The number of hydrogen-bond acceptors (Lipinski definition) is 1. The van der Waals surface area contributed by atoms with Crippen molar-refractivity contribution in [2.45, 2.75) is 25.3 Å². The van der Waals surface area contributed by atoms with Crippen molar-refractivity contribution in [3.8, 4) is 0 Å². The van der Waals surface area contributed by atoms with E-state index in [1.807, 2.05) is 11.0 Å². The smallest absolute Gasteiger partial charge is 0.223 e. The maximum absolute atomic E-state index is 11.6. The van der Waals surface area contributed by atoms with Crippen LogP contribution in [0.1, 0.15) is 24.8 Å². The number of fused-ring (bicyclic) bond motifs is 1. The lowest BCUT2D eigenvalue weighted by Gasteiger charge is -2.15. The first-order valence-corrected chi connectivity index (χ1v) is 5.89. The molecule has 82 valence electrons. The third-order valence-corrected chi connectivity index (χ3v) is 3.55. The van der Waals surface area contributed by atoms with E-state index < -0.39 is 0 Å². The Balaban J connectivity index is 1.87. The highest BCUT2D eigenvalue weighted by atomic mass is 16.2. The Bertz CT molecular complexity index is 435. The van der Waals surface area contributed by atoms with Gasteiger partial charge in [0.1, 0.15) is 0 Å². The minimum absolute atomic E-state index is 0.335. The largest absolute Gasteiger partial charge is 0.336 e. The van der Waals surface area contributed by atoms with Gasteiger partial charge in [0.15, 0.2) is 0 Å². The molecule has 0 radical (unpaired) electrons. The van der Waals surface area contributed by atoms with E-state index in [1.54, 1.807) is 0 Å². The lowest BCUT2D eigenvalue weighted by atomic mass is 10.0. The molecule has 2 aliphatic rings. The predicted octanol–water partition coefficient (Wildman–Crippen LogP) is 2.46. The molecule has 3 rings (SSSR count). The third kappa shape index (κ3) is 1.54. The zero-order valence-corrected chi connectivity index (χ0v) is 9.23. The van der Waals surface area contributed by atoms with Crippen molar-refractivity contribution in [3.63, 3.8) is 0 Å². The SMILES string of the molecule is O=C1CCC2/C(=C/c3ccccc3)CCN12. The van der Waals surface area contributed by atoms with Gasteiger partial charge in [0.2, 0.25) is 5.91 Å². The van der Waals surface area contributed by atoms with Crippen LogP contribution in [0.2, 0.25) is 0 Å². The molecular weight excluding hydrogens is 198 g/mol. The van der Waals surface area contributed by atoms with Gasteiger partial charge in [-0.15, -0.1) is 0 Å². The summed E-state index contributed by atoms with van der Waals surface area (Å²) in [7, 11) is 0. The zero-order chi connectivity index (χ0) is 11.0. The minimum atomic E-state index is 0.335. The van der Waals surface area contributed by atoms with Gasteiger partial charge < -0.3 is 4.90 Å². The number of rotatable bonds is 1. The summed E-state index contributed by atoms with van der Waals surface area (Å²) in [5.74, 6) is 0.335. The molecule has 0 aromatic heterocycles. The highest BCUT2D eigenvalue weighted by Crippen LogP contribution is 2.33. The van der Waals surface area contributed by atoms with E-state index in [0.29, 0.717) is 11.9 Å². The first-order chi connectivity index (χ1) is 7.84. The average molecular weight is 213 g/mol. The Morgan fingerprint density at radius 2 is 2.00 bits per heavy atom. The molecule has 0 spiro atoms. The zero-order valence-electron chi connectivity index (χ0n) is 9.23. The van der Waals surface area contributed by atoms with Crippen LogP contribution in [0.5, 0.6) is 0 Å². The van der Waals surface area contributed by atoms with Gasteiger partial charge in [-0.25, -0.2) is 0 Å². The summed E-state index contributed by atoms with van der Waals surface area (Å²) in [4.78, 5) is 13.6. The minimum Gasteiger partial charge on any atom is -0.336 e. The van der Waals surface area contributed by atoms with Gasteiger partial charge in [0.05, 0.1) is 6.04 Å². The van der Waals surface area contributed by atoms with Gasteiger partial charge in [0.25, 0.3) is 0 Å². The fourth-order valence-corrected chi connectivity index (χ4v) is 2.75. The fourth-order valence-electron chi connectivity index (χ4n) is 2.75. The van der Waals surface area contributed by atoms with Crippen molar-refractivity contribution in [1.29, 1.82) is 0 Å². The number of amides is 1. The molecule has 2 heteroatoms. The lowest BCUT2D eigenvalue weighted by molar-refractivity contribution is -0.127. The van der Waals surface area contributed by atoms with Gasteiger partial charge >= 0.3 is 0 Å². The number of carbonyl (C=O) groups is 1. The second-order valence-electron chi connectivity index (χ2n) is 4.52. The second kappa shape index (κ2) is 3.78. The van der Waals surface area contributed by atoms with Gasteiger partial charge in [-0.1, -0.05) is 36.4 Å². The summed E-state index contributed by atoms with van der Waals surface area (Å²) in [6.45, 7) is 0.919. The number of nitrogens with zero attached hydrogens (tertiary/aromatic N) is 1. The van der Waals surface area contributed by atoms with Crippen LogP contribution >= 0.6 is 0 Å². The van der Waals surface area contributed by atoms with Crippen LogP contribution in [0.15, 0.2) is 35.9 Å². The van der Waals surface area contributed by atoms with E-state index in [0.717, 1.165) is 25.8 Å². The lowest BCUT2D eigenvalue weighted by Crippen LogP contribution is -2.27. The molecule has 1 unspecified atom stereocenters. The quantitative estimate of drug-likeness (QED) is 0.701. The van der Waals surface area contributed by atoms with Gasteiger partial charge in [-0.3, -0.25) is 4.79 Å². The molecule has 1 amide bonds. The molecule has 2 heterocycles. The standard InChI is InChI=1S/C14H15NO/c16-14-7-6-13-12(8-9-15(13)14)10-11-4-2-1-3-5-11/h1-5,10,13H,6-9H2/b12-10+. The number of benzene rings is 1. The molecule has 0 saturated carbocycles. The molecule has 0 bridgehead atoms. The molecule has 1 aromatic carbocycles. The van der Waals surface area contributed by atoms with E-state index in [4.69, 9.17) is 0 Å². The molecule has 1 aromatic rings. The Labute approximate surface area is 95.6 Å². The first kappa shape index (κ1) is 9.64. The van der Waals surface area contributed by atoms with E-state index in [9.17, 15) is 4.79 Å². The van der Waals surface area contributed by atoms with Crippen LogP contribution in [-0.2, 0) is 4.79 Å². The second-order valence-corrected chi connectivity index (χ2v) is 4.52. The fraction of sp³-hybridized carbons (Fsp3) is 0.357. The van der Waals surface area contributed by atoms with Crippen molar-refractivity contribution in [2.24, 2.45) is 0 Å². The molecule has 16 heavy (non-hydrogen) atoms. The van der Waals surface area contributed by atoms with Crippen molar-refractivity contribution in [3.05, 3.63) is 41.5 Å². The average Bonchev–Trinajstić information content (AvgIpc) is 2.86. The van der Waals surface area contributed by atoms with E-state index in [-0.39, 0.29) is 0 Å². The van der Waals surface area contributed by atoms with Gasteiger partial charge in [-0.2, -0.15) is 0 Å². The summed E-state index contributed by atoms with van der Waals surface area (Å²) < 4.78 is 0. The first-order valence-electron chi connectivity index (χ1n) is 5.89. The molecule has 0 aliphatic carbocycles. The summed E-state index contributed by atoms with van der Waals surface area (Å²) >= 11 is 0. The highest BCUT2D eigenvalue weighted by molar-refractivity contribution is 5.81. The Morgan fingerprint density at radius 3 is 2.81 bits per heavy atom. The Hall–Kier alpha value is -1.57. The monoisotopic (exact) mass is 213 g/mol. The van der Waals surface area contributed by atoms with E-state index in [1.165, 1.54) is 11.1 Å². The topological polar surface area (TPSA) is 20.3 Å². The van der Waals surface area contributed by atoms with Crippen molar-refractivity contribution < 1.29 is 4.79 Å². The van der Waals surface area contributed by atoms with E-state index in [2.05, 4.69) is 30.3 Å². The third-order valence-electron chi connectivity index (χ3n) is 3.55. The van der Waals surface area contributed by atoms with Crippen LogP contribution in [0.4, 0.5) is 0 Å². The van der Waals surface area contributed by atoms with Crippen LogP contribution < -0.4 is 0 Å². The Morgan fingerprint density at radius 1 is 1.19 bits per heavy atom. The van der Waals surface area contributed by atoms with Crippen molar-refractivity contribution in [1.82, 2.24) is 4.90 Å². The summed E-state index contributed by atoms with van der Waals surface area (Å²) in [6.07, 6.45) is 5.04. The molecule has 2 nitrogen and oxygen atoms in total. The van der Waals surface area contributed by atoms with Gasteiger partial charge in [0, 0.05) is 13.0 Å². The molecule has 1 atom stereocenters. The number of hydrogen-bond donors (Lipinski definition) is 0. The summed E-state index contributed by atoms with van der Waals surface area (Å²) in [5, 5.41) is 0. The van der Waals surface area contributed by atoms with Crippen LogP contribution in [0.3, 0.4) is 0 Å². The molecule has 2 aliphatic heterocycles. The van der Waals surface area contributed by atoms with Gasteiger partial charge in [-0.05, 0) is 24.0 Å². The van der Waals surface area contributed by atoms with Crippen molar-refractivity contribution >= 4 is 12.0 Å².